The summed E-state index contributed by atoms with van der Waals surface area (Å²) in [6.07, 6.45) is 5.13. The van der Waals surface area contributed by atoms with E-state index in [0.717, 1.165) is 216 Å². The molecule has 4 N–H and O–H groups in total. The van der Waals surface area contributed by atoms with E-state index in [1.165, 1.54) is 67.9 Å². The molecule has 4 saturated carbocycles. The van der Waals surface area contributed by atoms with Gasteiger partial charge in [-0.25, -0.2) is 28.7 Å². The lowest BCUT2D eigenvalue weighted by Gasteiger charge is -2.16. The zero-order chi connectivity index (χ0) is 79.3. The first-order valence-electron chi connectivity index (χ1n) is 39.5. The molecule has 0 amide bonds. The van der Waals surface area contributed by atoms with Gasteiger partial charge in [-0.2, -0.15) is 13.2 Å². The number of benzene rings is 8. The Morgan fingerprint density at radius 1 is 0.325 bits per heavy atom. The maximum Gasteiger partial charge on any atom is 0.416 e. The number of imidazole rings is 4. The average molecular weight is 1530 g/mol. The van der Waals surface area contributed by atoms with E-state index in [0.29, 0.717) is 23.7 Å². The molecule has 4 aliphatic carbocycles. The van der Waals surface area contributed by atoms with Crippen LogP contribution in [-0.2, 0) is 6.18 Å². The number of hydrogen-bond acceptors (Lipinski definition) is 12. The Kier molecular flexibility index (Phi) is 19.6. The van der Waals surface area contributed by atoms with Crippen molar-refractivity contribution >= 4 is 44.1 Å². The van der Waals surface area contributed by atoms with Crippen molar-refractivity contribution in [2.24, 2.45) is 0 Å². The van der Waals surface area contributed by atoms with Crippen LogP contribution in [0.25, 0.3) is 88.6 Å². The van der Waals surface area contributed by atoms with Crippen LogP contribution in [0.4, 0.5) is 22.0 Å². The van der Waals surface area contributed by atoms with Crippen molar-refractivity contribution in [1.82, 2.24) is 60.5 Å². The van der Waals surface area contributed by atoms with Gasteiger partial charge in [0.1, 0.15) is 58.0 Å². The van der Waals surface area contributed by atoms with E-state index in [4.69, 9.17) is 38.0 Å². The fraction of sp³-hybridized carbons (Fsp3) is 0.312. The third kappa shape index (κ3) is 15.0. The molecule has 8 aromatic heterocycles. The Bertz CT molecular complexity index is 6180. The van der Waals surface area contributed by atoms with Gasteiger partial charge >= 0.3 is 6.18 Å². The second kappa shape index (κ2) is 29.9. The number of aromatic amines is 4. The van der Waals surface area contributed by atoms with Gasteiger partial charge in [0.25, 0.3) is 0 Å². The van der Waals surface area contributed by atoms with Crippen molar-refractivity contribution in [2.75, 3.05) is 0 Å². The largest absolute Gasteiger partial charge is 0.416 e. The normalized spacial score (nSPS) is 15.4. The average Bonchev–Trinajstić information content (AvgIpc) is 1.64. The van der Waals surface area contributed by atoms with Gasteiger partial charge in [0.05, 0.1) is 72.5 Å². The van der Waals surface area contributed by atoms with Gasteiger partial charge in [0, 0.05) is 69.6 Å². The van der Waals surface area contributed by atoms with Crippen molar-refractivity contribution in [3.05, 3.63) is 282 Å². The Morgan fingerprint density at radius 3 is 0.877 bits per heavy atom. The zero-order valence-corrected chi connectivity index (χ0v) is 65.8. The van der Waals surface area contributed by atoms with E-state index >= 15 is 0 Å². The van der Waals surface area contributed by atoms with Gasteiger partial charge in [-0.3, -0.25) is 0 Å². The van der Waals surface area contributed by atoms with Gasteiger partial charge in [-0.15, -0.1) is 0 Å². The van der Waals surface area contributed by atoms with Crippen molar-refractivity contribution in [1.29, 1.82) is 0 Å². The topological polar surface area (TPSA) is 219 Å². The monoisotopic (exact) mass is 1530 g/mol. The molecule has 4 unspecified atom stereocenters. The van der Waals surface area contributed by atoms with Crippen LogP contribution < -0.4 is 0 Å². The number of hydrogen-bond donors (Lipinski definition) is 4. The minimum atomic E-state index is -4.35. The molecule has 16 nitrogen and oxygen atoms in total. The molecule has 16 aromatic rings. The highest BCUT2D eigenvalue weighted by molar-refractivity contribution is 5.91. The maximum absolute atomic E-state index is 13.8. The molecule has 0 radical (unpaired) electrons. The summed E-state index contributed by atoms with van der Waals surface area (Å²) >= 11 is 0. The van der Waals surface area contributed by atoms with Gasteiger partial charge in [-0.05, 0) is 258 Å². The van der Waals surface area contributed by atoms with Crippen LogP contribution in [0.5, 0.6) is 0 Å². The molecule has 0 saturated heterocycles. The summed E-state index contributed by atoms with van der Waals surface area (Å²) in [6.45, 7) is 24.0. The molecule has 21 heteroatoms. The van der Waals surface area contributed by atoms with Crippen molar-refractivity contribution < 1.29 is 40.0 Å². The molecule has 4 aliphatic rings. The molecule has 580 valence electrons. The summed E-state index contributed by atoms with van der Waals surface area (Å²) in [5, 5.41) is 16.4. The fourth-order valence-corrected chi connectivity index (χ4v) is 16.3. The number of rotatable bonds is 16. The van der Waals surface area contributed by atoms with Crippen LogP contribution in [0, 0.1) is 67.0 Å². The van der Waals surface area contributed by atoms with Gasteiger partial charge in [0.15, 0.2) is 0 Å². The quantitative estimate of drug-likeness (QED) is 0.0664. The summed E-state index contributed by atoms with van der Waals surface area (Å²) in [7, 11) is 0. The first-order chi connectivity index (χ1) is 54.8. The van der Waals surface area contributed by atoms with Crippen molar-refractivity contribution in [3.63, 3.8) is 0 Å². The molecule has 8 aromatic carbocycles. The SMILES string of the molecule is Cc1noc(C)c1-c1cc(C(C)c2ccc(C(F)(F)F)cc2)c2nc(C3CC3)[nH]c2c1.Cc1noc(C)c1-c1cc(C(C)c2ccc(F)cc2)c2nc(C3CC3)[nH]c2c1.Cc1noc(C)c1-c1cc(C(C)c2cccc(F)c2)c2nc(C3CC3)[nH]c2c1.Cc1noc(C)c1-c1cc(C(C)c2ccccc2)c2nc(C3CC3)[nH]c2c1. The highest BCUT2D eigenvalue weighted by Gasteiger charge is 2.35. The molecule has 0 spiro atoms. The molecule has 4 fully saturated rings. The lowest BCUT2D eigenvalue weighted by Crippen LogP contribution is -2.05. The number of aryl methyl sites for hydroxylation is 8. The molecular formula is C93H89F5N12O4. The van der Waals surface area contributed by atoms with E-state index in [9.17, 15) is 22.0 Å². The van der Waals surface area contributed by atoms with Gasteiger partial charge in [-0.1, -0.05) is 115 Å². The smallest absolute Gasteiger partial charge is 0.361 e. The van der Waals surface area contributed by atoms with Crippen LogP contribution in [0.1, 0.15) is 246 Å². The second-order valence-corrected chi connectivity index (χ2v) is 31.8. The highest BCUT2D eigenvalue weighted by Crippen LogP contribution is 2.48. The number of alkyl halides is 3. The Balaban J connectivity index is 0.000000110. The predicted octanol–water partition coefficient (Wildman–Crippen LogP) is 24.8. The zero-order valence-electron chi connectivity index (χ0n) is 65.8. The summed E-state index contributed by atoms with van der Waals surface area (Å²) in [5.74, 6) is 9.31. The maximum atomic E-state index is 13.8. The molecule has 20 rings (SSSR count). The minimum absolute atomic E-state index is 0.00831. The van der Waals surface area contributed by atoms with Gasteiger partial charge in [0.2, 0.25) is 0 Å². The predicted molar refractivity (Wildman–Crippen MR) is 433 cm³/mol. The highest BCUT2D eigenvalue weighted by atomic mass is 19.4. The summed E-state index contributed by atoms with van der Waals surface area (Å²) < 4.78 is 87.8. The number of aromatic nitrogens is 12. The van der Waals surface area contributed by atoms with E-state index in [1.807, 2.05) is 80.5 Å². The minimum Gasteiger partial charge on any atom is -0.361 e. The summed E-state index contributed by atoms with van der Waals surface area (Å²) in [4.78, 5) is 33.8. The van der Waals surface area contributed by atoms with Gasteiger partial charge < -0.3 is 38.0 Å². The third-order valence-corrected chi connectivity index (χ3v) is 23.3. The summed E-state index contributed by atoms with van der Waals surface area (Å²) in [5.41, 5.74) is 27.6. The fourth-order valence-electron chi connectivity index (χ4n) is 16.3. The Hall–Kier alpha value is -11.9. The Labute approximate surface area is 656 Å². The van der Waals surface area contributed by atoms with Crippen LogP contribution in [-0.4, -0.2) is 60.5 Å². The molecular weight excluding hydrogens is 1440 g/mol. The van der Waals surface area contributed by atoms with E-state index in [1.54, 1.807) is 24.3 Å². The third-order valence-electron chi connectivity index (χ3n) is 23.3. The number of nitrogens with one attached hydrogen (secondary N) is 4. The number of H-pyrrole nitrogens is 4. The van der Waals surface area contributed by atoms with Crippen LogP contribution >= 0.6 is 0 Å². The molecule has 114 heavy (non-hydrogen) atoms. The Morgan fingerprint density at radius 2 is 0.605 bits per heavy atom. The molecule has 0 bridgehead atoms. The van der Waals surface area contributed by atoms with Crippen LogP contribution in [0.2, 0.25) is 0 Å². The number of nitrogens with zero attached hydrogens (tertiary/aromatic N) is 8. The lowest BCUT2D eigenvalue weighted by atomic mass is 9.89. The summed E-state index contributed by atoms with van der Waals surface area (Å²) in [6, 6.07) is 46.8. The van der Waals surface area contributed by atoms with E-state index in [-0.39, 0.29) is 35.3 Å². The van der Waals surface area contributed by atoms with Crippen molar-refractivity contribution in [3.8, 4) is 44.5 Å². The second-order valence-electron chi connectivity index (χ2n) is 31.8. The molecule has 4 atom stereocenters. The van der Waals surface area contributed by atoms with E-state index in [2.05, 4.69) is 140 Å². The molecule has 8 heterocycles. The number of halogens is 5. The standard InChI is InChI=1S/C24H22F3N3O.2C23H22FN3O.C23H23N3O/c1-12(15-6-8-18(9-7-15)24(25,26)27)19-10-17(21-13(2)30-31-14(21)3)11-20-22(19)29-23(28-20)16-4-5-16;1-12(15-6-8-18(24)9-7-15)19-10-17(21-13(2)27-28-14(21)3)11-20-22(19)26-23(25-20)16-4-5-16;1-12(16-5-4-6-18(24)9-16)19-10-17(21-13(2)27-28-14(21)3)11-20-22(19)26-23(25-20)15-7-8-15;1-13(16-7-5-4-6-8-16)19-11-18(21-14(2)26-27-15(21)3)12-20-22(19)25-23(24-20)17-9-10-17/h6-12,16H,4-5H2,1-3H3,(H,28,29);6-12,16H,4-5H2,1-3H3,(H,25,26);4-6,9-12,15H,7-8H2,1-3H3,(H,25,26);4-8,11-13,17H,9-10H2,1-3H3,(H,24,25). The molecule has 0 aliphatic heterocycles. The first-order valence-corrected chi connectivity index (χ1v) is 39.5. The van der Waals surface area contributed by atoms with Crippen LogP contribution in [0.15, 0.2) is 170 Å². The van der Waals surface area contributed by atoms with Crippen molar-refractivity contribution in [2.45, 2.75) is 188 Å². The number of fused-ring (bicyclic) bond motifs is 4. The first kappa shape index (κ1) is 74.9. The lowest BCUT2D eigenvalue weighted by molar-refractivity contribution is -0.137. The van der Waals surface area contributed by atoms with Crippen LogP contribution in [0.3, 0.4) is 0 Å². The van der Waals surface area contributed by atoms with E-state index < -0.39 is 11.7 Å².